The van der Waals surface area contributed by atoms with Gasteiger partial charge in [-0.1, -0.05) is 35.5 Å². The summed E-state index contributed by atoms with van der Waals surface area (Å²) in [4.78, 5) is 16.4. The number of anilines is 1. The van der Waals surface area contributed by atoms with Gasteiger partial charge in [0.15, 0.2) is 11.5 Å². The van der Waals surface area contributed by atoms with Crippen LogP contribution in [0.5, 0.6) is 0 Å². The molecule has 1 amide bonds. The monoisotopic (exact) mass is 363 g/mol. The van der Waals surface area contributed by atoms with Crippen LogP contribution >= 0.6 is 0 Å². The van der Waals surface area contributed by atoms with E-state index < -0.39 is 11.7 Å². The van der Waals surface area contributed by atoms with Gasteiger partial charge in [0.25, 0.3) is 5.91 Å². The van der Waals surface area contributed by atoms with Crippen LogP contribution in [-0.4, -0.2) is 25.8 Å². The Morgan fingerprint density at radius 3 is 2.78 bits per heavy atom. The van der Waals surface area contributed by atoms with Crippen molar-refractivity contribution in [1.29, 1.82) is 0 Å². The van der Waals surface area contributed by atoms with Gasteiger partial charge >= 0.3 is 0 Å². The predicted molar refractivity (Wildman–Crippen MR) is 95.4 cm³/mol. The number of nitrogens with zero attached hydrogens (tertiary/aromatic N) is 4. The number of hydrogen-bond acceptors (Lipinski definition) is 5. The number of hydrogen-bond donors (Lipinski definition) is 1. The summed E-state index contributed by atoms with van der Waals surface area (Å²) in [6, 6.07) is 14.9. The highest BCUT2D eigenvalue weighted by Gasteiger charge is 2.17. The number of benzene rings is 2. The second-order valence-corrected chi connectivity index (χ2v) is 5.76. The molecule has 0 saturated carbocycles. The molecular weight excluding hydrogens is 349 g/mol. The largest absolute Gasteiger partial charge is 0.355 e. The summed E-state index contributed by atoms with van der Waals surface area (Å²) in [5.74, 6) is -0.708. The zero-order valence-corrected chi connectivity index (χ0v) is 14.0. The first-order chi connectivity index (χ1) is 13.2. The van der Waals surface area contributed by atoms with Crippen LogP contribution in [0.3, 0.4) is 0 Å². The van der Waals surface area contributed by atoms with Crippen LogP contribution in [0, 0.1) is 5.82 Å². The van der Waals surface area contributed by atoms with Crippen molar-refractivity contribution in [3.8, 4) is 11.3 Å². The third-order valence-electron chi connectivity index (χ3n) is 3.95. The zero-order chi connectivity index (χ0) is 18.6. The van der Waals surface area contributed by atoms with Crippen LogP contribution in [0.2, 0.25) is 0 Å². The molecule has 0 aliphatic rings. The molecule has 0 radical (unpaired) electrons. The van der Waals surface area contributed by atoms with Gasteiger partial charge in [0.05, 0.1) is 12.1 Å². The van der Waals surface area contributed by atoms with E-state index in [1.165, 1.54) is 18.5 Å². The lowest BCUT2D eigenvalue weighted by molar-refractivity contribution is 0.101. The average Bonchev–Trinajstić information content (AvgIpc) is 3.36. The molecule has 2 aromatic carbocycles. The first-order valence-corrected chi connectivity index (χ1v) is 8.14. The number of rotatable bonds is 5. The normalized spacial score (nSPS) is 10.7. The molecule has 27 heavy (non-hydrogen) atoms. The number of para-hydroxylation sites is 1. The summed E-state index contributed by atoms with van der Waals surface area (Å²) in [5, 5.41) is 10.6. The minimum Gasteiger partial charge on any atom is -0.355 e. The zero-order valence-electron chi connectivity index (χ0n) is 14.0. The molecule has 0 spiro atoms. The molecule has 0 unspecified atom stereocenters. The Hall–Kier alpha value is -3.81. The van der Waals surface area contributed by atoms with Gasteiger partial charge in [0.1, 0.15) is 18.5 Å². The van der Waals surface area contributed by atoms with Gasteiger partial charge in [-0.25, -0.2) is 14.1 Å². The third-order valence-corrected chi connectivity index (χ3v) is 3.95. The standard InChI is InChI=1S/C19H14FN5O2/c20-15-7-3-2-6-14(15)18-9-17(24-27-18)19(26)23-16-8-4-1-5-13(16)10-25-12-21-11-22-25/h1-9,11-12H,10H2,(H,23,26). The van der Waals surface area contributed by atoms with Crippen LogP contribution in [-0.2, 0) is 6.54 Å². The molecule has 134 valence electrons. The van der Waals surface area contributed by atoms with Crippen molar-refractivity contribution >= 4 is 11.6 Å². The van der Waals surface area contributed by atoms with Crippen LogP contribution in [0.4, 0.5) is 10.1 Å². The van der Waals surface area contributed by atoms with E-state index in [0.29, 0.717) is 12.2 Å². The van der Waals surface area contributed by atoms with Crippen LogP contribution in [0.25, 0.3) is 11.3 Å². The van der Waals surface area contributed by atoms with E-state index in [1.54, 1.807) is 35.3 Å². The van der Waals surface area contributed by atoms with Crippen molar-refractivity contribution in [1.82, 2.24) is 19.9 Å². The Morgan fingerprint density at radius 1 is 1.15 bits per heavy atom. The van der Waals surface area contributed by atoms with Gasteiger partial charge < -0.3 is 9.84 Å². The Bertz CT molecular complexity index is 1080. The lowest BCUT2D eigenvalue weighted by Crippen LogP contribution is -2.14. The smallest absolute Gasteiger partial charge is 0.277 e. The first kappa shape index (κ1) is 16.6. The quantitative estimate of drug-likeness (QED) is 0.587. The Kier molecular flexibility index (Phi) is 4.44. The molecule has 0 fully saturated rings. The molecule has 0 atom stereocenters. The van der Waals surface area contributed by atoms with Crippen molar-refractivity contribution in [2.45, 2.75) is 6.54 Å². The maximum Gasteiger partial charge on any atom is 0.277 e. The number of amides is 1. The minimum absolute atomic E-state index is 0.0591. The lowest BCUT2D eigenvalue weighted by Gasteiger charge is -2.09. The molecule has 2 aromatic heterocycles. The maximum absolute atomic E-state index is 13.9. The van der Waals surface area contributed by atoms with Crippen molar-refractivity contribution in [2.24, 2.45) is 0 Å². The van der Waals surface area contributed by atoms with E-state index in [-0.39, 0.29) is 17.0 Å². The van der Waals surface area contributed by atoms with Crippen LogP contribution in [0.15, 0.2) is 71.8 Å². The van der Waals surface area contributed by atoms with Crippen molar-refractivity contribution < 1.29 is 13.7 Å². The highest BCUT2D eigenvalue weighted by molar-refractivity contribution is 6.03. The van der Waals surface area contributed by atoms with Gasteiger partial charge in [0, 0.05) is 11.8 Å². The molecule has 1 N–H and O–H groups in total. The Labute approximate surface area is 153 Å². The van der Waals surface area contributed by atoms with E-state index in [0.717, 1.165) is 5.56 Å². The minimum atomic E-state index is -0.452. The third kappa shape index (κ3) is 3.59. The van der Waals surface area contributed by atoms with Crippen molar-refractivity contribution in [2.75, 3.05) is 5.32 Å². The van der Waals surface area contributed by atoms with Gasteiger partial charge in [-0.3, -0.25) is 4.79 Å². The van der Waals surface area contributed by atoms with Crippen molar-refractivity contribution in [3.63, 3.8) is 0 Å². The molecule has 0 bridgehead atoms. The Morgan fingerprint density at radius 2 is 1.96 bits per heavy atom. The highest BCUT2D eigenvalue weighted by atomic mass is 19.1. The number of nitrogens with one attached hydrogen (secondary N) is 1. The number of carbonyl (C=O) groups is 1. The number of aromatic nitrogens is 4. The fourth-order valence-corrected chi connectivity index (χ4v) is 2.63. The number of halogens is 1. The van der Waals surface area contributed by atoms with Gasteiger partial charge in [-0.15, -0.1) is 0 Å². The maximum atomic E-state index is 13.9. The summed E-state index contributed by atoms with van der Waals surface area (Å²) < 4.78 is 20.6. The lowest BCUT2D eigenvalue weighted by atomic mass is 10.1. The molecule has 0 aliphatic heterocycles. The molecular formula is C19H14FN5O2. The summed E-state index contributed by atoms with van der Waals surface area (Å²) in [5.41, 5.74) is 1.78. The molecule has 4 aromatic rings. The molecule has 4 rings (SSSR count). The fraction of sp³-hybridized carbons (Fsp3) is 0.0526. The average molecular weight is 363 g/mol. The van der Waals surface area contributed by atoms with Crippen LogP contribution in [0.1, 0.15) is 16.1 Å². The molecule has 7 nitrogen and oxygen atoms in total. The first-order valence-electron chi connectivity index (χ1n) is 8.14. The highest BCUT2D eigenvalue weighted by Crippen LogP contribution is 2.24. The van der Waals surface area contributed by atoms with E-state index in [1.807, 2.05) is 18.2 Å². The second kappa shape index (κ2) is 7.20. The predicted octanol–water partition coefficient (Wildman–Crippen LogP) is 3.37. The Balaban J connectivity index is 1.54. The van der Waals surface area contributed by atoms with Gasteiger partial charge in [-0.2, -0.15) is 5.10 Å². The van der Waals surface area contributed by atoms with E-state index in [9.17, 15) is 9.18 Å². The molecule has 0 saturated heterocycles. The van der Waals surface area contributed by atoms with E-state index >= 15 is 0 Å². The van der Waals surface area contributed by atoms with Gasteiger partial charge in [-0.05, 0) is 23.8 Å². The summed E-state index contributed by atoms with van der Waals surface area (Å²) in [7, 11) is 0. The topological polar surface area (TPSA) is 85.8 Å². The van der Waals surface area contributed by atoms with E-state index in [2.05, 4.69) is 20.6 Å². The molecule has 2 heterocycles. The fourth-order valence-electron chi connectivity index (χ4n) is 2.63. The second-order valence-electron chi connectivity index (χ2n) is 5.76. The molecule has 8 heteroatoms. The van der Waals surface area contributed by atoms with Crippen molar-refractivity contribution in [3.05, 3.63) is 84.3 Å². The van der Waals surface area contributed by atoms with Gasteiger partial charge in [0.2, 0.25) is 0 Å². The van der Waals surface area contributed by atoms with E-state index in [4.69, 9.17) is 4.52 Å². The van der Waals surface area contributed by atoms with Crippen LogP contribution < -0.4 is 5.32 Å². The molecule has 0 aliphatic carbocycles. The SMILES string of the molecule is O=C(Nc1ccccc1Cn1cncn1)c1cc(-c2ccccc2F)on1. The number of carbonyl (C=O) groups excluding carboxylic acids is 1. The summed E-state index contributed by atoms with van der Waals surface area (Å²) in [6.45, 7) is 0.454. The summed E-state index contributed by atoms with van der Waals surface area (Å²) in [6.07, 6.45) is 3.04. The summed E-state index contributed by atoms with van der Waals surface area (Å²) >= 11 is 0.